The number of anilines is 2. The van der Waals surface area contributed by atoms with Crippen LogP contribution < -0.4 is 15.4 Å². The zero-order chi connectivity index (χ0) is 14.9. The molecule has 0 bridgehead atoms. The summed E-state index contributed by atoms with van der Waals surface area (Å²) in [6.07, 6.45) is 0.326. The Morgan fingerprint density at radius 2 is 2.00 bits per heavy atom. The molecule has 2 atom stereocenters. The monoisotopic (exact) mass is 295 g/mol. The molecule has 2 N–H and O–H groups in total. The van der Waals surface area contributed by atoms with E-state index in [2.05, 4.69) is 11.0 Å². The van der Waals surface area contributed by atoms with Crippen LogP contribution in [-0.4, -0.2) is 31.4 Å². The van der Waals surface area contributed by atoms with E-state index in [4.69, 9.17) is 15.2 Å². The molecule has 1 aliphatic heterocycles. The van der Waals surface area contributed by atoms with Gasteiger partial charge in [0.05, 0.1) is 18.3 Å². The Morgan fingerprint density at radius 3 is 2.50 bits per heavy atom. The molecule has 1 aromatic rings. The molecule has 0 radical (unpaired) electrons. The molecule has 0 aromatic carbocycles. The van der Waals surface area contributed by atoms with Crippen LogP contribution in [0.2, 0.25) is 0 Å². The van der Waals surface area contributed by atoms with Gasteiger partial charge in [0.2, 0.25) is 0 Å². The van der Waals surface area contributed by atoms with E-state index in [0.29, 0.717) is 16.3 Å². The molecule has 5 nitrogen and oxygen atoms in total. The van der Waals surface area contributed by atoms with Crippen molar-refractivity contribution in [3.05, 3.63) is 4.88 Å². The average molecular weight is 295 g/mol. The Kier molecular flexibility index (Phi) is 4.41. The molecular weight excluding hydrogens is 274 g/mol. The number of rotatable bonds is 3. The molecule has 110 valence electrons. The molecule has 2 heterocycles. The van der Waals surface area contributed by atoms with Crippen LogP contribution in [0.15, 0.2) is 0 Å². The summed E-state index contributed by atoms with van der Waals surface area (Å²) in [6, 6.07) is 2.15. The van der Waals surface area contributed by atoms with Gasteiger partial charge in [-0.1, -0.05) is 0 Å². The Morgan fingerprint density at radius 1 is 1.40 bits per heavy atom. The summed E-state index contributed by atoms with van der Waals surface area (Å²) in [5.74, 6) is 0.642. The molecule has 0 aliphatic carbocycles. The van der Waals surface area contributed by atoms with Gasteiger partial charge in [0.15, 0.2) is 5.75 Å². The molecule has 1 saturated heterocycles. The number of thiophene rings is 1. The van der Waals surface area contributed by atoms with Crippen molar-refractivity contribution < 1.29 is 9.47 Å². The standard InChI is InChI=1S/C14H21N3O2S/c1-8(2)18-13-12(16)11(5-15)20-14(13)17-6-9(3)19-10(4)7-17/h8-10H,6-7,16H2,1-4H3/t9-,10+. The Balaban J connectivity index is 2.37. The highest BCUT2D eigenvalue weighted by molar-refractivity contribution is 7.17. The van der Waals surface area contributed by atoms with E-state index in [-0.39, 0.29) is 18.3 Å². The minimum Gasteiger partial charge on any atom is -0.486 e. The normalized spacial score (nSPS) is 22.9. The lowest BCUT2D eigenvalue weighted by Crippen LogP contribution is -2.45. The van der Waals surface area contributed by atoms with Crippen molar-refractivity contribution in [2.45, 2.75) is 46.0 Å². The molecule has 0 unspecified atom stereocenters. The Labute approximate surface area is 123 Å². The second-order valence-corrected chi connectivity index (χ2v) is 6.42. The number of hydrogen-bond donors (Lipinski definition) is 1. The van der Waals surface area contributed by atoms with E-state index >= 15 is 0 Å². The third kappa shape index (κ3) is 3.00. The molecule has 6 heteroatoms. The molecule has 1 aromatic heterocycles. The number of nitrogens with two attached hydrogens (primary N) is 1. The fourth-order valence-corrected chi connectivity index (χ4v) is 3.37. The zero-order valence-electron chi connectivity index (χ0n) is 12.3. The van der Waals surface area contributed by atoms with Crippen molar-refractivity contribution >= 4 is 22.0 Å². The number of morpholine rings is 1. The number of ether oxygens (including phenoxy) is 2. The van der Waals surface area contributed by atoms with Gasteiger partial charge in [0, 0.05) is 13.1 Å². The van der Waals surface area contributed by atoms with Gasteiger partial charge < -0.3 is 20.1 Å². The molecular formula is C14H21N3O2S. The van der Waals surface area contributed by atoms with Gasteiger partial charge >= 0.3 is 0 Å². The van der Waals surface area contributed by atoms with Crippen molar-refractivity contribution in [1.82, 2.24) is 0 Å². The van der Waals surface area contributed by atoms with Crippen LogP contribution in [0.1, 0.15) is 32.6 Å². The van der Waals surface area contributed by atoms with Gasteiger partial charge in [-0.2, -0.15) is 5.26 Å². The molecule has 0 saturated carbocycles. The zero-order valence-corrected chi connectivity index (χ0v) is 13.2. The lowest BCUT2D eigenvalue weighted by atomic mass is 10.2. The van der Waals surface area contributed by atoms with E-state index in [1.54, 1.807) is 0 Å². The molecule has 0 spiro atoms. The van der Waals surface area contributed by atoms with Crippen molar-refractivity contribution in [3.8, 4) is 11.8 Å². The van der Waals surface area contributed by atoms with E-state index < -0.39 is 0 Å². The van der Waals surface area contributed by atoms with Crippen LogP contribution in [0.5, 0.6) is 5.75 Å². The van der Waals surface area contributed by atoms with Gasteiger partial charge in [0.1, 0.15) is 21.6 Å². The predicted octanol–water partition coefficient (Wildman–Crippen LogP) is 2.60. The first-order valence-electron chi connectivity index (χ1n) is 6.81. The minimum atomic E-state index is 0.0214. The van der Waals surface area contributed by atoms with Crippen molar-refractivity contribution in [2.24, 2.45) is 0 Å². The highest BCUT2D eigenvalue weighted by atomic mass is 32.1. The van der Waals surface area contributed by atoms with Crippen molar-refractivity contribution in [2.75, 3.05) is 23.7 Å². The van der Waals surface area contributed by atoms with Gasteiger partial charge in [0.25, 0.3) is 0 Å². The average Bonchev–Trinajstić information content (AvgIpc) is 2.65. The summed E-state index contributed by atoms with van der Waals surface area (Å²) in [4.78, 5) is 2.72. The molecule has 2 rings (SSSR count). The van der Waals surface area contributed by atoms with Crippen molar-refractivity contribution in [1.29, 1.82) is 5.26 Å². The lowest BCUT2D eigenvalue weighted by molar-refractivity contribution is -0.00515. The number of nitrogen functional groups attached to an aromatic ring is 1. The van der Waals surface area contributed by atoms with Gasteiger partial charge in [-0.3, -0.25) is 0 Å². The minimum absolute atomic E-state index is 0.0214. The van der Waals surface area contributed by atoms with Gasteiger partial charge in [-0.05, 0) is 27.7 Å². The second-order valence-electron chi connectivity index (χ2n) is 5.42. The Bertz CT molecular complexity index is 511. The first-order valence-corrected chi connectivity index (χ1v) is 7.63. The number of nitriles is 1. The van der Waals surface area contributed by atoms with Crippen LogP contribution in [-0.2, 0) is 4.74 Å². The fourth-order valence-electron chi connectivity index (χ4n) is 2.40. The van der Waals surface area contributed by atoms with Gasteiger partial charge in [-0.25, -0.2) is 0 Å². The second kappa shape index (κ2) is 5.90. The summed E-state index contributed by atoms with van der Waals surface area (Å²) in [6.45, 7) is 9.57. The highest BCUT2D eigenvalue weighted by Crippen LogP contribution is 2.45. The third-order valence-corrected chi connectivity index (χ3v) is 4.20. The van der Waals surface area contributed by atoms with Gasteiger partial charge in [-0.15, -0.1) is 11.3 Å². The smallest absolute Gasteiger partial charge is 0.178 e. The Hall–Kier alpha value is -1.45. The fraction of sp³-hybridized carbons (Fsp3) is 0.643. The highest BCUT2D eigenvalue weighted by Gasteiger charge is 2.28. The quantitative estimate of drug-likeness (QED) is 0.928. The summed E-state index contributed by atoms with van der Waals surface area (Å²) in [7, 11) is 0. The van der Waals surface area contributed by atoms with E-state index in [0.717, 1.165) is 18.1 Å². The number of nitrogens with zero attached hydrogens (tertiary/aromatic N) is 2. The van der Waals surface area contributed by atoms with Crippen LogP contribution in [0.3, 0.4) is 0 Å². The molecule has 0 amide bonds. The summed E-state index contributed by atoms with van der Waals surface area (Å²) in [5.41, 5.74) is 6.50. The van der Waals surface area contributed by atoms with Crippen LogP contribution in [0.4, 0.5) is 10.7 Å². The summed E-state index contributed by atoms with van der Waals surface area (Å²) < 4.78 is 11.6. The molecule has 20 heavy (non-hydrogen) atoms. The maximum absolute atomic E-state index is 9.17. The maximum atomic E-state index is 9.17. The number of hydrogen-bond acceptors (Lipinski definition) is 6. The lowest BCUT2D eigenvalue weighted by Gasteiger charge is -2.36. The van der Waals surface area contributed by atoms with E-state index in [9.17, 15) is 5.26 Å². The first kappa shape index (κ1) is 14.9. The predicted molar refractivity (Wildman–Crippen MR) is 81.4 cm³/mol. The molecule has 1 aliphatic rings. The van der Waals surface area contributed by atoms with Crippen LogP contribution in [0.25, 0.3) is 0 Å². The van der Waals surface area contributed by atoms with Crippen LogP contribution in [0, 0.1) is 11.3 Å². The largest absolute Gasteiger partial charge is 0.486 e. The SMILES string of the molecule is CC(C)Oc1c(N2C[C@@H](C)O[C@@H](C)C2)sc(C#N)c1N. The first-order chi connectivity index (χ1) is 9.42. The topological polar surface area (TPSA) is 71.5 Å². The third-order valence-electron chi connectivity index (χ3n) is 3.04. The summed E-state index contributed by atoms with van der Waals surface area (Å²) in [5, 5.41) is 10.1. The van der Waals surface area contributed by atoms with E-state index in [1.165, 1.54) is 11.3 Å². The maximum Gasteiger partial charge on any atom is 0.178 e. The van der Waals surface area contributed by atoms with Crippen molar-refractivity contribution in [3.63, 3.8) is 0 Å². The van der Waals surface area contributed by atoms with Crippen LogP contribution >= 0.6 is 11.3 Å². The summed E-state index contributed by atoms with van der Waals surface area (Å²) >= 11 is 1.40. The van der Waals surface area contributed by atoms with E-state index in [1.807, 2.05) is 27.7 Å². The molecule has 1 fully saturated rings.